The summed E-state index contributed by atoms with van der Waals surface area (Å²) in [6.07, 6.45) is -5.08. The maximum atomic E-state index is 13.5. The van der Waals surface area contributed by atoms with Crippen molar-refractivity contribution in [2.75, 3.05) is 31.6 Å². The van der Waals surface area contributed by atoms with Crippen LogP contribution in [0, 0.1) is 0 Å². The number of aliphatic imine (C=N–C) groups is 1. The molecule has 14 heteroatoms. The van der Waals surface area contributed by atoms with Crippen molar-refractivity contribution in [3.8, 4) is 0 Å². The number of benzene rings is 3. The number of aromatic carboxylic acids is 1. The first-order valence-corrected chi connectivity index (χ1v) is 13.5. The molecule has 0 bridgehead atoms. The molecule has 0 saturated carbocycles. The van der Waals surface area contributed by atoms with Crippen LogP contribution in [0.25, 0.3) is 0 Å². The Hall–Kier alpha value is -4.91. The van der Waals surface area contributed by atoms with Crippen molar-refractivity contribution >= 4 is 46.9 Å². The van der Waals surface area contributed by atoms with E-state index in [2.05, 4.69) is 9.89 Å². The van der Waals surface area contributed by atoms with Crippen LogP contribution in [0.15, 0.2) is 71.7 Å². The lowest BCUT2D eigenvalue weighted by atomic mass is 10.1. The van der Waals surface area contributed by atoms with E-state index in [9.17, 15) is 32.7 Å². The summed E-state index contributed by atoms with van der Waals surface area (Å²) in [7, 11) is 2.00. The van der Waals surface area contributed by atoms with E-state index in [1.807, 2.05) is 31.3 Å². The Morgan fingerprint density at radius 1 is 0.932 bits per heavy atom. The van der Waals surface area contributed by atoms with Crippen LogP contribution in [0.2, 0.25) is 5.02 Å². The number of amides is 2. The third kappa shape index (κ3) is 7.53. The summed E-state index contributed by atoms with van der Waals surface area (Å²) >= 11 is 5.97. The number of hydrogen-bond acceptors (Lipinski definition) is 6. The van der Waals surface area contributed by atoms with Gasteiger partial charge < -0.3 is 24.9 Å². The molecule has 0 aliphatic carbocycles. The number of fused-ring (bicyclic) bond motifs is 1. The fraction of sp³-hybridized carbons (Fsp3) is 0.233. The largest absolute Gasteiger partial charge is 0.490 e. The molecule has 5 rings (SSSR count). The molecule has 0 fully saturated rings. The molecule has 0 atom stereocenters. The lowest BCUT2D eigenvalue weighted by molar-refractivity contribution is -0.192. The van der Waals surface area contributed by atoms with Crippen LogP contribution < -0.4 is 4.90 Å². The topological polar surface area (TPSA) is 131 Å². The van der Waals surface area contributed by atoms with Crippen molar-refractivity contribution in [2.45, 2.75) is 19.3 Å². The normalized spacial score (nSPS) is 14.7. The average molecular weight is 631 g/mol. The van der Waals surface area contributed by atoms with Gasteiger partial charge in [0.2, 0.25) is 5.91 Å². The van der Waals surface area contributed by atoms with E-state index in [4.69, 9.17) is 21.5 Å². The maximum Gasteiger partial charge on any atom is 0.490 e. The average Bonchev–Trinajstić information content (AvgIpc) is 3.35. The number of anilines is 1. The van der Waals surface area contributed by atoms with Crippen LogP contribution in [-0.4, -0.2) is 82.5 Å². The van der Waals surface area contributed by atoms with Crippen LogP contribution in [0.1, 0.15) is 37.4 Å². The summed E-state index contributed by atoms with van der Waals surface area (Å²) < 4.78 is 31.7. The first-order chi connectivity index (χ1) is 20.7. The predicted molar refractivity (Wildman–Crippen MR) is 155 cm³/mol. The monoisotopic (exact) mass is 630 g/mol. The zero-order valence-electron chi connectivity index (χ0n) is 23.2. The molecular weight excluding hydrogens is 605 g/mol. The SMILES string of the molecule is CN1CCN=C1c1ccc(CN2C(=O)CN(C(=O)c3ccc(Cl)cc3)Cc3ccc(C(=O)O)cc32)cc1.O=C(O)C(F)(F)F. The van der Waals surface area contributed by atoms with Gasteiger partial charge in [0.1, 0.15) is 12.4 Å². The quantitative estimate of drug-likeness (QED) is 0.423. The molecule has 44 heavy (non-hydrogen) atoms. The van der Waals surface area contributed by atoms with Crippen molar-refractivity contribution in [1.29, 1.82) is 0 Å². The fourth-order valence-corrected chi connectivity index (χ4v) is 4.73. The zero-order chi connectivity index (χ0) is 32.2. The van der Waals surface area contributed by atoms with E-state index >= 15 is 0 Å². The minimum atomic E-state index is -5.08. The molecule has 2 amide bonds. The second-order valence-corrected chi connectivity index (χ2v) is 10.4. The number of likely N-dealkylation sites (N-methyl/N-ethyl adjacent to an activating group) is 1. The second kappa shape index (κ2) is 13.2. The van der Waals surface area contributed by atoms with Gasteiger partial charge in [-0.15, -0.1) is 0 Å². The summed E-state index contributed by atoms with van der Waals surface area (Å²) in [5.41, 5.74) is 3.55. The Balaban J connectivity index is 0.000000566. The number of carbonyl (C=O) groups excluding carboxylic acids is 2. The Labute approximate surface area is 254 Å². The highest BCUT2D eigenvalue weighted by Gasteiger charge is 2.38. The number of alkyl halides is 3. The first kappa shape index (κ1) is 32.0. The highest BCUT2D eigenvalue weighted by molar-refractivity contribution is 6.30. The molecule has 2 aliphatic rings. The minimum Gasteiger partial charge on any atom is -0.478 e. The van der Waals surface area contributed by atoms with Gasteiger partial charge in [-0.25, -0.2) is 9.59 Å². The second-order valence-electron chi connectivity index (χ2n) is 9.92. The highest BCUT2D eigenvalue weighted by Crippen LogP contribution is 2.30. The van der Waals surface area contributed by atoms with Gasteiger partial charge in [-0.2, -0.15) is 13.2 Å². The van der Waals surface area contributed by atoms with E-state index < -0.39 is 18.1 Å². The number of halogens is 4. The summed E-state index contributed by atoms with van der Waals surface area (Å²) in [6, 6.07) is 19.0. The molecule has 3 aromatic carbocycles. The van der Waals surface area contributed by atoms with Crippen LogP contribution in [-0.2, 0) is 22.7 Å². The molecular formula is C30H26ClF3N4O6. The van der Waals surface area contributed by atoms with E-state index in [0.717, 1.165) is 30.1 Å². The molecule has 0 aromatic heterocycles. The van der Waals surface area contributed by atoms with Crippen molar-refractivity contribution < 1.29 is 42.6 Å². The predicted octanol–water partition coefficient (Wildman–Crippen LogP) is 4.55. The number of aliphatic carboxylic acids is 1. The van der Waals surface area contributed by atoms with E-state index in [1.165, 1.54) is 17.0 Å². The Kier molecular flexibility index (Phi) is 9.58. The van der Waals surface area contributed by atoms with Crippen LogP contribution in [0.4, 0.5) is 18.9 Å². The summed E-state index contributed by atoms with van der Waals surface area (Å²) in [5, 5.41) is 17.2. The number of nitrogens with zero attached hydrogens (tertiary/aromatic N) is 4. The highest BCUT2D eigenvalue weighted by atomic mass is 35.5. The number of carboxylic acids is 2. The smallest absolute Gasteiger partial charge is 0.478 e. The molecule has 2 N–H and O–H groups in total. The van der Waals surface area contributed by atoms with Gasteiger partial charge in [0, 0.05) is 42.0 Å². The first-order valence-electron chi connectivity index (χ1n) is 13.1. The number of carbonyl (C=O) groups is 4. The third-order valence-electron chi connectivity index (χ3n) is 6.84. The molecule has 10 nitrogen and oxygen atoms in total. The lowest BCUT2D eigenvalue weighted by Crippen LogP contribution is -2.39. The van der Waals surface area contributed by atoms with Crippen molar-refractivity contribution in [2.24, 2.45) is 4.99 Å². The molecule has 230 valence electrons. The number of carboxylic acid groups (broad SMARTS) is 2. The summed E-state index contributed by atoms with van der Waals surface area (Å²) in [5.74, 6) is -3.50. The Bertz CT molecular complexity index is 1610. The van der Waals surface area contributed by atoms with E-state index in [-0.39, 0.29) is 37.0 Å². The van der Waals surface area contributed by atoms with Crippen molar-refractivity contribution in [3.05, 3.63) is 99.6 Å². The maximum absolute atomic E-state index is 13.5. The molecule has 0 radical (unpaired) electrons. The van der Waals surface area contributed by atoms with Crippen LogP contribution in [0.3, 0.4) is 0 Å². The molecule has 2 aliphatic heterocycles. The van der Waals surface area contributed by atoms with Gasteiger partial charge in [-0.05, 0) is 47.5 Å². The summed E-state index contributed by atoms with van der Waals surface area (Å²) in [4.78, 5) is 57.0. The number of hydrogen-bond donors (Lipinski definition) is 2. The van der Waals surface area contributed by atoms with Gasteiger partial charge >= 0.3 is 18.1 Å². The van der Waals surface area contributed by atoms with Gasteiger partial charge in [-0.3, -0.25) is 14.6 Å². The van der Waals surface area contributed by atoms with Gasteiger partial charge in [0.05, 0.1) is 18.7 Å². The van der Waals surface area contributed by atoms with Gasteiger partial charge in [-0.1, -0.05) is 41.9 Å². The van der Waals surface area contributed by atoms with Crippen LogP contribution >= 0.6 is 11.6 Å². The molecule has 0 saturated heterocycles. The molecule has 0 spiro atoms. The van der Waals surface area contributed by atoms with Gasteiger partial charge in [0.25, 0.3) is 5.91 Å². The van der Waals surface area contributed by atoms with E-state index in [1.54, 1.807) is 35.2 Å². The van der Waals surface area contributed by atoms with E-state index in [0.29, 0.717) is 21.8 Å². The molecule has 3 aromatic rings. The lowest BCUT2D eigenvalue weighted by Gasteiger charge is -2.24. The van der Waals surface area contributed by atoms with Crippen molar-refractivity contribution in [1.82, 2.24) is 9.80 Å². The molecule has 2 heterocycles. The minimum absolute atomic E-state index is 0.0756. The standard InChI is InChI=1S/C28H25ClN4O4.C2HF3O2/c1-31-13-12-30-26(31)19-4-2-18(3-5-19)15-33-24-14-21(28(36)37)6-7-22(24)16-32(17-25(33)34)27(35)20-8-10-23(29)11-9-20;3-2(4,5)1(6)7/h2-11,14H,12-13,15-17H2,1H3,(H,36,37);(H,6,7). The van der Waals surface area contributed by atoms with Crippen molar-refractivity contribution in [3.63, 3.8) is 0 Å². The zero-order valence-corrected chi connectivity index (χ0v) is 24.0. The fourth-order valence-electron chi connectivity index (χ4n) is 4.60. The van der Waals surface area contributed by atoms with Gasteiger partial charge in [0.15, 0.2) is 0 Å². The third-order valence-corrected chi connectivity index (χ3v) is 7.10. The summed E-state index contributed by atoms with van der Waals surface area (Å²) in [6.45, 7) is 1.92. The Morgan fingerprint density at radius 3 is 2.09 bits per heavy atom. The molecule has 0 unspecified atom stereocenters. The number of rotatable bonds is 5. The van der Waals surface area contributed by atoms with Crippen LogP contribution in [0.5, 0.6) is 0 Å². The number of amidine groups is 1. The Morgan fingerprint density at radius 2 is 1.55 bits per heavy atom.